The fraction of sp³-hybridized carbons (Fsp3) is 0.160. The lowest BCUT2D eigenvalue weighted by atomic mass is 9.99. The van der Waals surface area contributed by atoms with Gasteiger partial charge in [-0.05, 0) is 50.2 Å². The van der Waals surface area contributed by atoms with Crippen LogP contribution >= 0.6 is 0 Å². The van der Waals surface area contributed by atoms with Crippen LogP contribution in [0, 0.1) is 12.7 Å². The van der Waals surface area contributed by atoms with Gasteiger partial charge in [0.15, 0.2) is 0 Å². The zero-order valence-corrected chi connectivity index (χ0v) is 18.2. The number of aromatic carboxylic acids is 1. The summed E-state index contributed by atoms with van der Waals surface area (Å²) in [6.07, 6.45) is 1.56. The van der Waals surface area contributed by atoms with Crippen molar-refractivity contribution >= 4 is 22.8 Å². The van der Waals surface area contributed by atoms with Crippen molar-refractivity contribution in [3.8, 4) is 28.2 Å². The van der Waals surface area contributed by atoms with Gasteiger partial charge in [0, 0.05) is 41.4 Å². The van der Waals surface area contributed by atoms with Gasteiger partial charge in [0.25, 0.3) is 5.91 Å². The summed E-state index contributed by atoms with van der Waals surface area (Å²) in [5, 5.41) is 12.6. The van der Waals surface area contributed by atoms with E-state index in [9.17, 15) is 19.1 Å². The molecule has 2 aromatic carbocycles. The van der Waals surface area contributed by atoms with Gasteiger partial charge in [0.2, 0.25) is 0 Å². The van der Waals surface area contributed by atoms with Crippen molar-refractivity contribution in [1.29, 1.82) is 0 Å². The number of carboxylic acids is 1. The van der Waals surface area contributed by atoms with Crippen molar-refractivity contribution in [2.45, 2.75) is 13.8 Å². The molecule has 4 aromatic rings. The van der Waals surface area contributed by atoms with E-state index < -0.39 is 11.8 Å². The standard InChI is InChI=1S/C25H21FN2O5/c1-4-32-20-11-21-19(10-18(20)15-9-17(25(30)31)13(2)28-12-15)22(24(29)27-3)23(33-21)14-5-7-16(26)8-6-14/h5-12H,4H2,1-3H3,(H,27,29)(H,30,31). The largest absolute Gasteiger partial charge is 0.493 e. The van der Waals surface area contributed by atoms with Gasteiger partial charge >= 0.3 is 5.97 Å². The monoisotopic (exact) mass is 448 g/mol. The quantitative estimate of drug-likeness (QED) is 0.427. The van der Waals surface area contributed by atoms with Crippen molar-refractivity contribution in [2.75, 3.05) is 13.7 Å². The predicted molar refractivity (Wildman–Crippen MR) is 121 cm³/mol. The van der Waals surface area contributed by atoms with E-state index in [4.69, 9.17) is 9.15 Å². The van der Waals surface area contributed by atoms with Crippen LogP contribution in [0.3, 0.4) is 0 Å². The number of carbonyl (C=O) groups is 2. The molecule has 0 saturated heterocycles. The molecule has 2 heterocycles. The molecule has 33 heavy (non-hydrogen) atoms. The molecule has 2 aromatic heterocycles. The van der Waals surface area contributed by atoms with Crippen molar-refractivity contribution in [1.82, 2.24) is 10.3 Å². The number of benzene rings is 2. The van der Waals surface area contributed by atoms with E-state index in [-0.39, 0.29) is 22.8 Å². The highest BCUT2D eigenvalue weighted by atomic mass is 19.1. The third-order valence-electron chi connectivity index (χ3n) is 5.28. The van der Waals surface area contributed by atoms with Gasteiger partial charge in [-0.3, -0.25) is 9.78 Å². The molecule has 0 fully saturated rings. The number of pyridine rings is 1. The number of hydrogen-bond donors (Lipinski definition) is 2. The molecular formula is C25H21FN2O5. The van der Waals surface area contributed by atoms with Gasteiger partial charge in [0.1, 0.15) is 22.9 Å². The maximum Gasteiger partial charge on any atom is 0.337 e. The summed E-state index contributed by atoms with van der Waals surface area (Å²) >= 11 is 0. The number of furan rings is 1. The number of hydrogen-bond acceptors (Lipinski definition) is 5. The Hall–Kier alpha value is -4.20. The first-order valence-corrected chi connectivity index (χ1v) is 10.3. The Labute approximate surface area is 188 Å². The summed E-state index contributed by atoms with van der Waals surface area (Å²) in [7, 11) is 1.51. The van der Waals surface area contributed by atoms with Crippen LogP contribution in [0.4, 0.5) is 4.39 Å². The summed E-state index contributed by atoms with van der Waals surface area (Å²) in [4.78, 5) is 28.7. The SMILES string of the molecule is CCOc1cc2oc(-c3ccc(F)cc3)c(C(=O)NC)c2cc1-c1cnc(C)c(C(=O)O)c1. The van der Waals surface area contributed by atoms with Gasteiger partial charge in [-0.1, -0.05) is 0 Å². The molecule has 7 nitrogen and oxygen atoms in total. The predicted octanol–water partition coefficient (Wildman–Crippen LogP) is 5.07. The van der Waals surface area contributed by atoms with Gasteiger partial charge in [-0.25, -0.2) is 9.18 Å². The van der Waals surface area contributed by atoms with Crippen LogP contribution in [0.2, 0.25) is 0 Å². The van der Waals surface area contributed by atoms with Crippen molar-refractivity contribution in [2.24, 2.45) is 0 Å². The highest BCUT2D eigenvalue weighted by Crippen LogP contribution is 2.40. The number of aromatic nitrogens is 1. The fourth-order valence-electron chi connectivity index (χ4n) is 3.68. The number of amides is 1. The van der Waals surface area contributed by atoms with Gasteiger partial charge in [-0.15, -0.1) is 0 Å². The van der Waals surface area contributed by atoms with Crippen LogP contribution in [0.1, 0.15) is 33.3 Å². The van der Waals surface area contributed by atoms with E-state index in [1.807, 2.05) is 6.92 Å². The lowest BCUT2D eigenvalue weighted by Crippen LogP contribution is -2.18. The third-order valence-corrected chi connectivity index (χ3v) is 5.28. The fourth-order valence-corrected chi connectivity index (χ4v) is 3.68. The summed E-state index contributed by atoms with van der Waals surface area (Å²) in [5.41, 5.74) is 2.77. The van der Waals surface area contributed by atoms with Crippen molar-refractivity contribution in [3.63, 3.8) is 0 Å². The molecule has 0 spiro atoms. The molecular weight excluding hydrogens is 427 g/mol. The van der Waals surface area contributed by atoms with E-state index in [0.29, 0.717) is 45.7 Å². The number of ether oxygens (including phenoxy) is 1. The van der Waals surface area contributed by atoms with Gasteiger partial charge < -0.3 is 19.6 Å². The van der Waals surface area contributed by atoms with Crippen LogP contribution in [0.15, 0.2) is 53.1 Å². The van der Waals surface area contributed by atoms with E-state index in [0.717, 1.165) is 0 Å². The van der Waals surface area contributed by atoms with E-state index in [1.54, 1.807) is 25.3 Å². The molecule has 168 valence electrons. The molecule has 0 bridgehead atoms. The minimum atomic E-state index is -1.09. The smallest absolute Gasteiger partial charge is 0.337 e. The average molecular weight is 448 g/mol. The topological polar surface area (TPSA) is 102 Å². The summed E-state index contributed by atoms with van der Waals surface area (Å²) in [6, 6.07) is 10.6. The highest BCUT2D eigenvalue weighted by Gasteiger charge is 2.24. The van der Waals surface area contributed by atoms with Crippen LogP contribution < -0.4 is 10.1 Å². The number of carbonyl (C=O) groups excluding carboxylic acids is 1. The molecule has 8 heteroatoms. The van der Waals surface area contributed by atoms with Crippen LogP contribution in [-0.2, 0) is 0 Å². The number of halogens is 1. The van der Waals surface area contributed by atoms with Gasteiger partial charge in [0.05, 0.1) is 23.4 Å². The molecule has 0 aliphatic carbocycles. The second kappa shape index (κ2) is 8.74. The summed E-state index contributed by atoms with van der Waals surface area (Å²) in [6.45, 7) is 3.80. The molecule has 0 atom stereocenters. The first kappa shape index (κ1) is 22.0. The highest BCUT2D eigenvalue weighted by molar-refractivity contribution is 6.12. The maximum atomic E-state index is 13.5. The number of nitrogens with zero attached hydrogens (tertiary/aromatic N) is 1. The van der Waals surface area contributed by atoms with Crippen molar-refractivity contribution < 1.29 is 28.2 Å². The Morgan fingerprint density at radius 3 is 2.52 bits per heavy atom. The number of carboxylic acid groups (broad SMARTS) is 1. The maximum absolute atomic E-state index is 13.5. The number of rotatable bonds is 6. The van der Waals surface area contributed by atoms with E-state index in [1.165, 1.54) is 37.4 Å². The zero-order chi connectivity index (χ0) is 23.7. The average Bonchev–Trinajstić information content (AvgIpc) is 3.17. The Bertz CT molecular complexity index is 1380. The molecule has 0 aliphatic heterocycles. The Morgan fingerprint density at radius 1 is 1.15 bits per heavy atom. The van der Waals surface area contributed by atoms with E-state index in [2.05, 4.69) is 10.3 Å². The Kier molecular flexibility index (Phi) is 5.83. The van der Waals surface area contributed by atoms with E-state index >= 15 is 0 Å². The minimum Gasteiger partial charge on any atom is -0.493 e. The molecule has 0 radical (unpaired) electrons. The Balaban J connectivity index is 2.01. The van der Waals surface area contributed by atoms with Crippen LogP contribution in [0.25, 0.3) is 33.4 Å². The first-order valence-electron chi connectivity index (χ1n) is 10.3. The Morgan fingerprint density at radius 2 is 1.88 bits per heavy atom. The van der Waals surface area contributed by atoms with Gasteiger partial charge in [-0.2, -0.15) is 0 Å². The molecule has 2 N–H and O–H groups in total. The second-order valence-corrected chi connectivity index (χ2v) is 7.33. The normalized spacial score (nSPS) is 10.9. The second-order valence-electron chi connectivity index (χ2n) is 7.33. The molecule has 0 saturated carbocycles. The lowest BCUT2D eigenvalue weighted by molar-refractivity contribution is 0.0695. The minimum absolute atomic E-state index is 0.0702. The molecule has 0 unspecified atom stereocenters. The summed E-state index contributed by atoms with van der Waals surface area (Å²) in [5.74, 6) is -1.13. The van der Waals surface area contributed by atoms with Crippen LogP contribution in [0.5, 0.6) is 5.75 Å². The molecule has 4 rings (SSSR count). The van der Waals surface area contributed by atoms with Crippen molar-refractivity contribution in [3.05, 3.63) is 71.3 Å². The summed E-state index contributed by atoms with van der Waals surface area (Å²) < 4.78 is 25.3. The molecule has 0 aliphatic rings. The number of aryl methyl sites for hydroxylation is 1. The van der Waals surface area contributed by atoms with Crippen LogP contribution in [-0.4, -0.2) is 35.6 Å². The number of nitrogens with one attached hydrogen (secondary N) is 1. The third kappa shape index (κ3) is 4.03. The number of fused-ring (bicyclic) bond motifs is 1. The zero-order valence-electron chi connectivity index (χ0n) is 18.2. The first-order chi connectivity index (χ1) is 15.8. The molecule has 1 amide bonds. The lowest BCUT2D eigenvalue weighted by Gasteiger charge is -2.12.